The summed E-state index contributed by atoms with van der Waals surface area (Å²) in [5.41, 5.74) is 2.32. The summed E-state index contributed by atoms with van der Waals surface area (Å²) in [5.74, 6) is 0.0561. The van der Waals surface area contributed by atoms with Crippen LogP contribution >= 0.6 is 0 Å². The second kappa shape index (κ2) is 5.78. The molecular formula is C15H15N3O3. The molecule has 3 rings (SSSR count). The molecule has 0 unspecified atom stereocenters. The summed E-state index contributed by atoms with van der Waals surface area (Å²) in [6.45, 7) is 0. The standard InChI is InChI=1S/C15H15N3O3/c19-15(20)8-7-14-18-17-13(21-14)6-5-10-9-16-12-4-2-1-3-11(10)12/h1-4,9,16H,5-8H2,(H,19,20). The molecule has 21 heavy (non-hydrogen) atoms. The molecule has 2 aromatic heterocycles. The first kappa shape index (κ1) is 13.4. The Balaban J connectivity index is 1.63. The summed E-state index contributed by atoms with van der Waals surface area (Å²) in [7, 11) is 0. The van der Waals surface area contributed by atoms with E-state index in [9.17, 15) is 4.79 Å². The van der Waals surface area contributed by atoms with Gasteiger partial charge in [0.05, 0.1) is 6.42 Å². The van der Waals surface area contributed by atoms with Crippen molar-refractivity contribution in [3.8, 4) is 0 Å². The number of carboxylic acids is 1. The Morgan fingerprint density at radius 3 is 2.71 bits per heavy atom. The fourth-order valence-electron chi connectivity index (χ4n) is 2.28. The molecule has 0 fully saturated rings. The van der Waals surface area contributed by atoms with Gasteiger partial charge in [0.15, 0.2) is 0 Å². The zero-order valence-electron chi connectivity index (χ0n) is 11.4. The third-order valence-electron chi connectivity index (χ3n) is 3.34. The quantitative estimate of drug-likeness (QED) is 0.725. The molecule has 0 spiro atoms. The topological polar surface area (TPSA) is 92.0 Å². The first-order valence-corrected chi connectivity index (χ1v) is 6.80. The number of hydrogen-bond donors (Lipinski definition) is 2. The van der Waals surface area contributed by atoms with E-state index < -0.39 is 5.97 Å². The molecule has 0 bridgehead atoms. The molecule has 0 amide bonds. The highest BCUT2D eigenvalue weighted by molar-refractivity contribution is 5.83. The third-order valence-corrected chi connectivity index (χ3v) is 3.34. The number of nitrogens with zero attached hydrogens (tertiary/aromatic N) is 2. The summed E-state index contributed by atoms with van der Waals surface area (Å²) in [4.78, 5) is 13.7. The van der Waals surface area contributed by atoms with Crippen LogP contribution in [0.5, 0.6) is 0 Å². The van der Waals surface area contributed by atoms with E-state index in [1.807, 2.05) is 24.4 Å². The highest BCUT2D eigenvalue weighted by Crippen LogP contribution is 2.19. The Bertz CT molecular complexity index is 760. The molecule has 0 saturated heterocycles. The Hall–Kier alpha value is -2.63. The fourth-order valence-corrected chi connectivity index (χ4v) is 2.28. The van der Waals surface area contributed by atoms with E-state index in [-0.39, 0.29) is 12.8 Å². The van der Waals surface area contributed by atoms with Crippen LogP contribution in [-0.4, -0.2) is 26.3 Å². The number of hydrogen-bond acceptors (Lipinski definition) is 4. The van der Waals surface area contributed by atoms with Crippen molar-refractivity contribution >= 4 is 16.9 Å². The maximum atomic E-state index is 10.5. The second-order valence-electron chi connectivity index (χ2n) is 4.84. The van der Waals surface area contributed by atoms with Gasteiger partial charge in [-0.2, -0.15) is 0 Å². The molecule has 1 aromatic carbocycles. The van der Waals surface area contributed by atoms with E-state index in [1.54, 1.807) is 0 Å². The normalized spacial score (nSPS) is 11.0. The minimum Gasteiger partial charge on any atom is -0.481 e. The summed E-state index contributed by atoms with van der Waals surface area (Å²) in [5, 5.41) is 17.6. The van der Waals surface area contributed by atoms with Crippen molar-refractivity contribution < 1.29 is 14.3 Å². The molecule has 108 valence electrons. The van der Waals surface area contributed by atoms with Gasteiger partial charge in [-0.25, -0.2) is 0 Å². The van der Waals surface area contributed by atoms with Gasteiger partial charge >= 0.3 is 5.97 Å². The van der Waals surface area contributed by atoms with Crippen molar-refractivity contribution in [1.29, 1.82) is 0 Å². The van der Waals surface area contributed by atoms with Gasteiger partial charge in [0, 0.05) is 29.9 Å². The van der Waals surface area contributed by atoms with Crippen molar-refractivity contribution in [3.05, 3.63) is 47.8 Å². The van der Waals surface area contributed by atoms with Crippen LogP contribution in [0.2, 0.25) is 0 Å². The molecule has 6 nitrogen and oxygen atoms in total. The molecule has 0 aliphatic heterocycles. The first-order chi connectivity index (χ1) is 10.2. The summed E-state index contributed by atoms with van der Waals surface area (Å²) in [6.07, 6.45) is 3.71. The number of carbonyl (C=O) groups is 1. The highest BCUT2D eigenvalue weighted by atomic mass is 16.4. The SMILES string of the molecule is O=C(O)CCc1nnc(CCc2c[nH]c3ccccc23)o1. The monoisotopic (exact) mass is 285 g/mol. The molecule has 2 N–H and O–H groups in total. The molecule has 0 aliphatic rings. The molecule has 2 heterocycles. The molecular weight excluding hydrogens is 270 g/mol. The lowest BCUT2D eigenvalue weighted by molar-refractivity contribution is -0.137. The van der Waals surface area contributed by atoms with Crippen molar-refractivity contribution in [1.82, 2.24) is 15.2 Å². The van der Waals surface area contributed by atoms with Gasteiger partial charge in [-0.1, -0.05) is 18.2 Å². The van der Waals surface area contributed by atoms with Gasteiger partial charge < -0.3 is 14.5 Å². The van der Waals surface area contributed by atoms with Crippen molar-refractivity contribution in [3.63, 3.8) is 0 Å². The van der Waals surface area contributed by atoms with E-state index in [0.29, 0.717) is 18.2 Å². The molecule has 6 heteroatoms. The van der Waals surface area contributed by atoms with E-state index in [4.69, 9.17) is 9.52 Å². The van der Waals surface area contributed by atoms with Crippen molar-refractivity contribution in [2.24, 2.45) is 0 Å². The lowest BCUT2D eigenvalue weighted by Gasteiger charge is -1.96. The van der Waals surface area contributed by atoms with Gasteiger partial charge in [-0.3, -0.25) is 4.79 Å². The zero-order chi connectivity index (χ0) is 14.7. The number of aryl methyl sites for hydroxylation is 3. The molecule has 0 saturated carbocycles. The fraction of sp³-hybridized carbons (Fsp3) is 0.267. The van der Waals surface area contributed by atoms with Crippen LogP contribution in [0.4, 0.5) is 0 Å². The summed E-state index contributed by atoms with van der Waals surface area (Å²) < 4.78 is 5.45. The second-order valence-corrected chi connectivity index (χ2v) is 4.84. The number of benzene rings is 1. The maximum absolute atomic E-state index is 10.5. The van der Waals surface area contributed by atoms with E-state index >= 15 is 0 Å². The Morgan fingerprint density at radius 1 is 1.14 bits per heavy atom. The molecule has 0 radical (unpaired) electrons. The summed E-state index contributed by atoms with van der Waals surface area (Å²) >= 11 is 0. The number of aromatic amines is 1. The van der Waals surface area contributed by atoms with Gasteiger partial charge in [0.25, 0.3) is 0 Å². The largest absolute Gasteiger partial charge is 0.481 e. The van der Waals surface area contributed by atoms with E-state index in [2.05, 4.69) is 21.2 Å². The van der Waals surface area contributed by atoms with Crippen molar-refractivity contribution in [2.45, 2.75) is 25.7 Å². The predicted molar refractivity (Wildman–Crippen MR) is 76.0 cm³/mol. The Morgan fingerprint density at radius 2 is 1.90 bits per heavy atom. The first-order valence-electron chi connectivity index (χ1n) is 6.80. The zero-order valence-corrected chi connectivity index (χ0v) is 11.4. The molecule has 0 aliphatic carbocycles. The number of rotatable bonds is 6. The number of aliphatic carboxylic acids is 1. The third kappa shape index (κ3) is 3.10. The Kier molecular flexibility index (Phi) is 3.68. The van der Waals surface area contributed by atoms with Crippen LogP contribution in [-0.2, 0) is 24.1 Å². The predicted octanol–water partition coefficient (Wildman–Crippen LogP) is 2.35. The molecule has 3 aromatic rings. The molecule has 0 atom stereocenters. The smallest absolute Gasteiger partial charge is 0.303 e. The van der Waals surface area contributed by atoms with Gasteiger partial charge in [-0.15, -0.1) is 10.2 Å². The number of aromatic nitrogens is 3. The van der Waals surface area contributed by atoms with Gasteiger partial charge in [0.1, 0.15) is 0 Å². The minimum atomic E-state index is -0.867. The van der Waals surface area contributed by atoms with E-state index in [1.165, 1.54) is 10.9 Å². The lowest BCUT2D eigenvalue weighted by Crippen LogP contribution is -1.97. The average molecular weight is 285 g/mol. The minimum absolute atomic E-state index is 0.00405. The van der Waals surface area contributed by atoms with Crippen LogP contribution < -0.4 is 0 Å². The van der Waals surface area contributed by atoms with Gasteiger partial charge in [-0.05, 0) is 18.1 Å². The van der Waals surface area contributed by atoms with Crippen LogP contribution in [0.25, 0.3) is 10.9 Å². The highest BCUT2D eigenvalue weighted by Gasteiger charge is 2.09. The number of fused-ring (bicyclic) bond motifs is 1. The van der Waals surface area contributed by atoms with Crippen molar-refractivity contribution in [2.75, 3.05) is 0 Å². The van der Waals surface area contributed by atoms with Gasteiger partial charge in [0.2, 0.25) is 11.8 Å². The number of nitrogens with one attached hydrogen (secondary N) is 1. The van der Waals surface area contributed by atoms with Crippen LogP contribution in [0, 0.1) is 0 Å². The average Bonchev–Trinajstić information content (AvgIpc) is 3.10. The van der Waals surface area contributed by atoms with Crippen LogP contribution in [0.1, 0.15) is 23.8 Å². The number of H-pyrrole nitrogens is 1. The number of carboxylic acid groups (broad SMARTS) is 1. The summed E-state index contributed by atoms with van der Waals surface area (Å²) in [6, 6.07) is 8.12. The maximum Gasteiger partial charge on any atom is 0.303 e. The lowest BCUT2D eigenvalue weighted by atomic mass is 10.1. The van der Waals surface area contributed by atoms with Crippen LogP contribution in [0.3, 0.4) is 0 Å². The number of para-hydroxylation sites is 1. The van der Waals surface area contributed by atoms with E-state index in [0.717, 1.165) is 11.9 Å². The van der Waals surface area contributed by atoms with Crippen LogP contribution in [0.15, 0.2) is 34.9 Å². The Labute approximate surface area is 120 Å².